The molecule has 0 spiro atoms. The number of hydrogen-bond acceptors (Lipinski definition) is 7. The number of rotatable bonds is 6. The number of carbonyl (C=O) groups excluding carboxylic acids is 1. The van der Waals surface area contributed by atoms with Crippen LogP contribution in [0, 0.1) is 0 Å². The normalized spacial score (nSPS) is 17.8. The fourth-order valence-electron chi connectivity index (χ4n) is 2.73. The summed E-state index contributed by atoms with van der Waals surface area (Å²) in [6.07, 6.45) is 3.13. The molecule has 9 heteroatoms. The van der Waals surface area contributed by atoms with Gasteiger partial charge in [0, 0.05) is 24.5 Å². The SMILES string of the molecule is COc1nccnc1OC1CCN(S(=O)(=O)c2cccc(C(C)=O)c2)C1. The number of Topliss-reactive ketones (excluding diaryl/α,β-unsaturated/α-hetero) is 1. The number of carbonyl (C=O) groups is 1. The average Bonchev–Trinajstić information content (AvgIpc) is 3.11. The Morgan fingerprint density at radius 2 is 1.96 bits per heavy atom. The molecule has 1 aliphatic rings. The van der Waals surface area contributed by atoms with E-state index in [1.165, 1.54) is 42.9 Å². The molecule has 1 atom stereocenters. The van der Waals surface area contributed by atoms with E-state index < -0.39 is 10.0 Å². The van der Waals surface area contributed by atoms with Crippen LogP contribution in [0.5, 0.6) is 11.8 Å². The molecule has 1 aromatic carbocycles. The summed E-state index contributed by atoms with van der Waals surface area (Å²) in [7, 11) is -2.24. The van der Waals surface area contributed by atoms with E-state index in [9.17, 15) is 13.2 Å². The standard InChI is InChI=1S/C17H19N3O5S/c1-12(21)13-4-3-5-15(10-13)26(22,23)20-9-6-14(11-20)25-17-16(24-2)18-7-8-19-17/h3-5,7-8,10,14H,6,9,11H2,1-2H3. The summed E-state index contributed by atoms with van der Waals surface area (Å²) < 4.78 is 37.9. The first-order valence-electron chi connectivity index (χ1n) is 8.04. The molecule has 1 aliphatic heterocycles. The molecule has 0 saturated carbocycles. The summed E-state index contributed by atoms with van der Waals surface area (Å²) in [5.41, 5.74) is 0.363. The quantitative estimate of drug-likeness (QED) is 0.704. The van der Waals surface area contributed by atoms with E-state index in [1.807, 2.05) is 0 Å². The van der Waals surface area contributed by atoms with Gasteiger partial charge in [-0.3, -0.25) is 4.79 Å². The number of ketones is 1. The third-order valence-electron chi connectivity index (χ3n) is 4.09. The Morgan fingerprint density at radius 3 is 2.65 bits per heavy atom. The first-order chi connectivity index (χ1) is 12.4. The Morgan fingerprint density at radius 1 is 1.23 bits per heavy atom. The minimum Gasteiger partial charge on any atom is -0.477 e. The van der Waals surface area contributed by atoms with Crippen molar-refractivity contribution in [1.82, 2.24) is 14.3 Å². The Balaban J connectivity index is 1.75. The predicted molar refractivity (Wildman–Crippen MR) is 92.8 cm³/mol. The van der Waals surface area contributed by atoms with Gasteiger partial charge in [0.15, 0.2) is 5.78 Å². The van der Waals surface area contributed by atoms with Crippen LogP contribution in [-0.4, -0.2) is 54.8 Å². The van der Waals surface area contributed by atoms with Gasteiger partial charge in [-0.2, -0.15) is 4.31 Å². The van der Waals surface area contributed by atoms with Gasteiger partial charge in [0.25, 0.3) is 11.8 Å². The second kappa shape index (κ2) is 7.38. The number of hydrogen-bond donors (Lipinski definition) is 0. The minimum absolute atomic E-state index is 0.0999. The van der Waals surface area contributed by atoms with Crippen LogP contribution in [-0.2, 0) is 10.0 Å². The molecule has 1 fully saturated rings. The van der Waals surface area contributed by atoms with Gasteiger partial charge in [-0.1, -0.05) is 12.1 Å². The molecule has 2 heterocycles. The van der Waals surface area contributed by atoms with Crippen LogP contribution in [0.1, 0.15) is 23.7 Å². The van der Waals surface area contributed by atoms with Gasteiger partial charge in [0.1, 0.15) is 6.10 Å². The molecule has 0 N–H and O–H groups in total. The molecule has 1 aromatic heterocycles. The number of methoxy groups -OCH3 is 1. The van der Waals surface area contributed by atoms with E-state index in [1.54, 1.807) is 12.1 Å². The third kappa shape index (κ3) is 3.68. The number of aromatic nitrogens is 2. The molecule has 2 aromatic rings. The lowest BCUT2D eigenvalue weighted by molar-refractivity contribution is 0.101. The van der Waals surface area contributed by atoms with Gasteiger partial charge < -0.3 is 9.47 Å². The summed E-state index contributed by atoms with van der Waals surface area (Å²) in [5, 5.41) is 0. The number of nitrogens with zero attached hydrogens (tertiary/aromatic N) is 3. The number of benzene rings is 1. The first-order valence-corrected chi connectivity index (χ1v) is 9.48. The Hall–Kier alpha value is -2.52. The van der Waals surface area contributed by atoms with Gasteiger partial charge >= 0.3 is 0 Å². The molecule has 1 saturated heterocycles. The Kier molecular flexibility index (Phi) is 5.19. The third-order valence-corrected chi connectivity index (χ3v) is 5.95. The maximum absolute atomic E-state index is 12.8. The summed E-state index contributed by atoms with van der Waals surface area (Å²) in [5.74, 6) is 0.306. The van der Waals surface area contributed by atoms with Crippen molar-refractivity contribution in [3.05, 3.63) is 42.2 Å². The van der Waals surface area contributed by atoms with E-state index in [-0.39, 0.29) is 35.1 Å². The summed E-state index contributed by atoms with van der Waals surface area (Å²) in [6.45, 7) is 1.91. The lowest BCUT2D eigenvalue weighted by atomic mass is 10.2. The smallest absolute Gasteiger partial charge is 0.278 e. The van der Waals surface area contributed by atoms with Gasteiger partial charge in [0.2, 0.25) is 10.0 Å². The molecule has 0 radical (unpaired) electrons. The van der Waals surface area contributed by atoms with E-state index in [4.69, 9.17) is 9.47 Å². The molecule has 3 rings (SSSR count). The van der Waals surface area contributed by atoms with Crippen molar-refractivity contribution in [2.75, 3.05) is 20.2 Å². The topological polar surface area (TPSA) is 98.7 Å². The predicted octanol–water partition coefficient (Wildman–Crippen LogP) is 1.53. The van der Waals surface area contributed by atoms with Gasteiger partial charge in [0.05, 0.1) is 18.6 Å². The lowest BCUT2D eigenvalue weighted by Gasteiger charge is -2.17. The zero-order valence-electron chi connectivity index (χ0n) is 14.5. The van der Waals surface area contributed by atoms with Crippen molar-refractivity contribution in [3.63, 3.8) is 0 Å². The first kappa shape index (κ1) is 18.3. The van der Waals surface area contributed by atoms with Gasteiger partial charge in [-0.05, 0) is 25.5 Å². The second-order valence-electron chi connectivity index (χ2n) is 5.85. The molecule has 0 amide bonds. The van der Waals surface area contributed by atoms with Crippen LogP contribution < -0.4 is 9.47 Å². The fourth-order valence-corrected chi connectivity index (χ4v) is 4.26. The van der Waals surface area contributed by atoms with Crippen LogP contribution in [0.2, 0.25) is 0 Å². The minimum atomic E-state index is -3.70. The zero-order valence-corrected chi connectivity index (χ0v) is 15.3. The summed E-state index contributed by atoms with van der Waals surface area (Å²) in [6, 6.07) is 6.05. The maximum atomic E-state index is 12.8. The summed E-state index contributed by atoms with van der Waals surface area (Å²) in [4.78, 5) is 19.7. The highest BCUT2D eigenvalue weighted by Gasteiger charge is 2.34. The summed E-state index contributed by atoms with van der Waals surface area (Å²) >= 11 is 0. The van der Waals surface area contributed by atoms with Crippen molar-refractivity contribution >= 4 is 15.8 Å². The highest BCUT2D eigenvalue weighted by atomic mass is 32.2. The molecule has 1 unspecified atom stereocenters. The Labute approximate surface area is 151 Å². The van der Waals surface area contributed by atoms with Crippen LogP contribution in [0.4, 0.5) is 0 Å². The molecule has 138 valence electrons. The van der Waals surface area contributed by atoms with E-state index in [0.717, 1.165) is 0 Å². The van der Waals surface area contributed by atoms with Crippen molar-refractivity contribution in [3.8, 4) is 11.8 Å². The van der Waals surface area contributed by atoms with Gasteiger partial charge in [-0.25, -0.2) is 18.4 Å². The molecule has 0 bridgehead atoms. The zero-order chi connectivity index (χ0) is 18.7. The van der Waals surface area contributed by atoms with Crippen molar-refractivity contribution in [2.24, 2.45) is 0 Å². The van der Waals surface area contributed by atoms with E-state index in [2.05, 4.69) is 9.97 Å². The van der Waals surface area contributed by atoms with Crippen LogP contribution in [0.3, 0.4) is 0 Å². The monoisotopic (exact) mass is 377 g/mol. The van der Waals surface area contributed by atoms with Crippen molar-refractivity contribution < 1.29 is 22.7 Å². The Bertz CT molecular complexity index is 916. The van der Waals surface area contributed by atoms with Gasteiger partial charge in [-0.15, -0.1) is 0 Å². The fraction of sp³-hybridized carbons (Fsp3) is 0.353. The molecular formula is C17H19N3O5S. The van der Waals surface area contributed by atoms with Crippen LogP contribution >= 0.6 is 0 Å². The molecule has 26 heavy (non-hydrogen) atoms. The van der Waals surface area contributed by atoms with E-state index >= 15 is 0 Å². The molecule has 0 aliphatic carbocycles. The molecular weight excluding hydrogens is 358 g/mol. The average molecular weight is 377 g/mol. The lowest BCUT2D eigenvalue weighted by Crippen LogP contribution is -2.31. The molecule has 8 nitrogen and oxygen atoms in total. The largest absolute Gasteiger partial charge is 0.477 e. The number of ether oxygens (including phenoxy) is 2. The second-order valence-corrected chi connectivity index (χ2v) is 7.78. The highest BCUT2D eigenvalue weighted by Crippen LogP contribution is 2.27. The maximum Gasteiger partial charge on any atom is 0.278 e. The number of sulfonamides is 1. The highest BCUT2D eigenvalue weighted by molar-refractivity contribution is 7.89. The van der Waals surface area contributed by atoms with Crippen molar-refractivity contribution in [1.29, 1.82) is 0 Å². The van der Waals surface area contributed by atoms with E-state index in [0.29, 0.717) is 18.5 Å². The van der Waals surface area contributed by atoms with Crippen LogP contribution in [0.15, 0.2) is 41.6 Å². The van der Waals surface area contributed by atoms with Crippen LogP contribution in [0.25, 0.3) is 0 Å². The van der Waals surface area contributed by atoms with Crippen molar-refractivity contribution in [2.45, 2.75) is 24.3 Å².